The minimum Gasteiger partial charge on any atom is -0.251 e. The Morgan fingerprint density at radius 2 is 1.92 bits per heavy atom. The molecule has 0 aliphatic rings. The van der Waals surface area contributed by atoms with Crippen LogP contribution in [0.5, 0.6) is 0 Å². The van der Waals surface area contributed by atoms with Crippen LogP contribution in [0.1, 0.15) is 27.2 Å². The van der Waals surface area contributed by atoms with Gasteiger partial charge in [-0.15, -0.1) is 8.58 Å². The Labute approximate surface area is 75.9 Å². The molecule has 0 aromatic carbocycles. The number of halogens is 2. The first kappa shape index (κ1) is 12.3. The molecule has 0 saturated carbocycles. The molecule has 0 aromatic rings. The van der Waals surface area contributed by atoms with Gasteiger partial charge in [-0.05, 0) is 17.7 Å². The van der Waals surface area contributed by atoms with E-state index in [9.17, 15) is 8.78 Å². The van der Waals surface area contributed by atoms with Crippen LogP contribution in [0, 0.1) is 5.41 Å². The maximum absolute atomic E-state index is 12.7. The van der Waals surface area contributed by atoms with Crippen LogP contribution in [-0.2, 0) is 0 Å². The standard InChI is InChI=1S/C9H19F2P/c1-9(2,3)7-12-6-8(11)4-5-10/h8,12H,4-7H2,1-3H3. The topological polar surface area (TPSA) is 0 Å². The van der Waals surface area contributed by atoms with Gasteiger partial charge in [0.1, 0.15) is 6.17 Å². The van der Waals surface area contributed by atoms with E-state index in [1.807, 2.05) is 0 Å². The molecule has 2 atom stereocenters. The average molecular weight is 196 g/mol. The molecular weight excluding hydrogens is 177 g/mol. The van der Waals surface area contributed by atoms with Crippen molar-refractivity contribution in [2.45, 2.75) is 33.4 Å². The van der Waals surface area contributed by atoms with E-state index in [1.54, 1.807) is 0 Å². The van der Waals surface area contributed by atoms with Crippen molar-refractivity contribution in [3.8, 4) is 0 Å². The maximum atomic E-state index is 12.7. The molecule has 0 aromatic heterocycles. The second-order valence-electron chi connectivity index (χ2n) is 4.27. The van der Waals surface area contributed by atoms with E-state index in [2.05, 4.69) is 20.8 Å². The van der Waals surface area contributed by atoms with Gasteiger partial charge in [0.15, 0.2) is 0 Å². The molecule has 3 heteroatoms. The SMILES string of the molecule is CC(C)(C)CPCC(F)CCF. The van der Waals surface area contributed by atoms with E-state index in [-0.39, 0.29) is 11.8 Å². The van der Waals surface area contributed by atoms with Crippen molar-refractivity contribution in [1.82, 2.24) is 0 Å². The van der Waals surface area contributed by atoms with Crippen LogP contribution in [-0.4, -0.2) is 25.2 Å². The third kappa shape index (κ3) is 8.39. The second-order valence-corrected chi connectivity index (χ2v) is 5.53. The molecule has 0 amide bonds. The van der Waals surface area contributed by atoms with Crippen LogP contribution < -0.4 is 0 Å². The maximum Gasteiger partial charge on any atom is 0.106 e. The van der Waals surface area contributed by atoms with Crippen molar-refractivity contribution in [2.24, 2.45) is 5.41 Å². The molecule has 0 aliphatic heterocycles. The highest BCUT2D eigenvalue weighted by atomic mass is 31.1. The van der Waals surface area contributed by atoms with Crippen molar-refractivity contribution >= 4 is 8.58 Å². The van der Waals surface area contributed by atoms with Crippen LogP contribution in [0.4, 0.5) is 8.78 Å². The predicted molar refractivity (Wildman–Crippen MR) is 53.0 cm³/mol. The smallest absolute Gasteiger partial charge is 0.106 e. The zero-order chi connectivity index (χ0) is 9.61. The second kappa shape index (κ2) is 5.85. The minimum absolute atomic E-state index is 0.0805. The third-order valence-corrected chi connectivity index (χ3v) is 3.49. The van der Waals surface area contributed by atoms with Crippen LogP contribution in [0.25, 0.3) is 0 Å². The van der Waals surface area contributed by atoms with Gasteiger partial charge in [-0.1, -0.05) is 20.8 Å². The Morgan fingerprint density at radius 3 is 2.33 bits per heavy atom. The molecule has 0 heterocycles. The van der Waals surface area contributed by atoms with Gasteiger partial charge in [0, 0.05) is 6.42 Å². The summed E-state index contributed by atoms with van der Waals surface area (Å²) in [5.74, 6) is 0. The summed E-state index contributed by atoms with van der Waals surface area (Å²) in [6, 6.07) is 0. The van der Waals surface area contributed by atoms with Crippen molar-refractivity contribution in [3.63, 3.8) is 0 Å². The normalized spacial score (nSPS) is 15.8. The fraction of sp³-hybridized carbons (Fsp3) is 1.00. The summed E-state index contributed by atoms with van der Waals surface area (Å²) in [5, 5.41) is 0. The molecule has 0 bridgehead atoms. The van der Waals surface area contributed by atoms with E-state index in [0.717, 1.165) is 6.16 Å². The summed E-state index contributed by atoms with van der Waals surface area (Å²) in [6.45, 7) is 5.90. The van der Waals surface area contributed by atoms with Crippen LogP contribution in [0.15, 0.2) is 0 Å². The zero-order valence-corrected chi connectivity index (χ0v) is 9.16. The van der Waals surface area contributed by atoms with Gasteiger partial charge in [-0.2, -0.15) is 0 Å². The summed E-state index contributed by atoms with van der Waals surface area (Å²) >= 11 is 0. The van der Waals surface area contributed by atoms with Crippen molar-refractivity contribution in [1.29, 1.82) is 0 Å². The average Bonchev–Trinajstić information content (AvgIpc) is 1.84. The van der Waals surface area contributed by atoms with E-state index in [4.69, 9.17) is 0 Å². The Morgan fingerprint density at radius 1 is 1.33 bits per heavy atom. The first-order valence-electron chi connectivity index (χ1n) is 4.36. The number of alkyl halides is 2. The molecule has 0 aliphatic carbocycles. The lowest BCUT2D eigenvalue weighted by Crippen LogP contribution is -2.10. The number of hydrogen-bond acceptors (Lipinski definition) is 0. The first-order chi connectivity index (χ1) is 5.45. The van der Waals surface area contributed by atoms with Gasteiger partial charge in [-0.3, -0.25) is 4.39 Å². The van der Waals surface area contributed by atoms with Gasteiger partial charge < -0.3 is 0 Å². The Hall–Kier alpha value is 0.290. The quantitative estimate of drug-likeness (QED) is 0.591. The monoisotopic (exact) mass is 196 g/mol. The van der Waals surface area contributed by atoms with Crippen LogP contribution in [0.3, 0.4) is 0 Å². The highest BCUT2D eigenvalue weighted by molar-refractivity contribution is 7.38. The van der Waals surface area contributed by atoms with Crippen molar-refractivity contribution < 1.29 is 8.78 Å². The highest BCUT2D eigenvalue weighted by Gasteiger charge is 2.11. The molecular formula is C9H19F2P. The van der Waals surface area contributed by atoms with E-state index in [1.165, 1.54) is 0 Å². The summed E-state index contributed by atoms with van der Waals surface area (Å²) in [7, 11) is 0.632. The number of rotatable bonds is 5. The van der Waals surface area contributed by atoms with Gasteiger partial charge in [0.05, 0.1) is 6.67 Å². The lowest BCUT2D eigenvalue weighted by molar-refractivity contribution is 0.308. The molecule has 0 saturated heterocycles. The summed E-state index contributed by atoms with van der Waals surface area (Å²) in [6.07, 6.45) is 0.744. The zero-order valence-electron chi connectivity index (χ0n) is 8.16. The molecule has 12 heavy (non-hydrogen) atoms. The Bertz CT molecular complexity index is 110. The largest absolute Gasteiger partial charge is 0.251 e. The molecule has 2 unspecified atom stereocenters. The van der Waals surface area contributed by atoms with Crippen molar-refractivity contribution in [3.05, 3.63) is 0 Å². The minimum atomic E-state index is -0.921. The summed E-state index contributed by atoms with van der Waals surface area (Å²) in [5.41, 5.74) is 0.286. The summed E-state index contributed by atoms with van der Waals surface area (Å²) < 4.78 is 24.4. The molecule has 0 rings (SSSR count). The third-order valence-electron chi connectivity index (χ3n) is 1.44. The molecule has 0 nitrogen and oxygen atoms in total. The lowest BCUT2D eigenvalue weighted by Gasteiger charge is -2.18. The Balaban J connectivity index is 3.31. The van der Waals surface area contributed by atoms with Crippen LogP contribution in [0.2, 0.25) is 0 Å². The van der Waals surface area contributed by atoms with Crippen molar-refractivity contribution in [2.75, 3.05) is 19.0 Å². The molecule has 74 valence electrons. The summed E-state index contributed by atoms with van der Waals surface area (Å²) in [4.78, 5) is 0. The molecule has 0 radical (unpaired) electrons. The van der Waals surface area contributed by atoms with Crippen LogP contribution >= 0.6 is 8.58 Å². The van der Waals surface area contributed by atoms with E-state index >= 15 is 0 Å². The first-order valence-corrected chi connectivity index (χ1v) is 5.78. The van der Waals surface area contributed by atoms with Gasteiger partial charge in [-0.25, -0.2) is 4.39 Å². The number of hydrogen-bond donors (Lipinski definition) is 0. The fourth-order valence-electron chi connectivity index (χ4n) is 0.824. The predicted octanol–water partition coefficient (Wildman–Crippen LogP) is 3.41. The van der Waals surface area contributed by atoms with E-state index in [0.29, 0.717) is 14.7 Å². The fourth-order valence-corrected chi connectivity index (χ4v) is 2.24. The molecule has 0 N–H and O–H groups in total. The molecule has 0 fully saturated rings. The van der Waals surface area contributed by atoms with E-state index < -0.39 is 12.8 Å². The van der Waals surface area contributed by atoms with Gasteiger partial charge >= 0.3 is 0 Å². The highest BCUT2D eigenvalue weighted by Crippen LogP contribution is 2.26. The van der Waals surface area contributed by atoms with Gasteiger partial charge in [0.2, 0.25) is 0 Å². The van der Waals surface area contributed by atoms with Gasteiger partial charge in [0.25, 0.3) is 0 Å². The lowest BCUT2D eigenvalue weighted by atomic mass is 10.0. The molecule has 0 spiro atoms. The Kier molecular flexibility index (Phi) is 6.00.